The molecule has 0 saturated carbocycles. The topological polar surface area (TPSA) is 81.6 Å². The van der Waals surface area contributed by atoms with Gasteiger partial charge in [0.05, 0.1) is 12.3 Å². The van der Waals surface area contributed by atoms with E-state index in [0.29, 0.717) is 6.54 Å². The van der Waals surface area contributed by atoms with Gasteiger partial charge in [-0.15, -0.1) is 0 Å². The fraction of sp³-hybridized carbons (Fsp3) is 0.833. The highest BCUT2D eigenvalue weighted by molar-refractivity contribution is 5.74. The Morgan fingerprint density at radius 3 is 2.73 bits per heavy atom. The standard InChI is InChI=1S/C6H12N2O3/c1-3-7-2-4(9)5(8-3)6(10)11/h3-5,7-9H,2H2,1H3,(H,10,11)/t3?,4-,5+/m1/s1. The first kappa shape index (κ1) is 8.45. The van der Waals surface area contributed by atoms with Crippen molar-refractivity contribution in [2.75, 3.05) is 6.54 Å². The maximum atomic E-state index is 10.5. The minimum absolute atomic E-state index is 0.0560. The molecule has 1 unspecified atom stereocenters. The van der Waals surface area contributed by atoms with Crippen LogP contribution in [-0.4, -0.2) is 41.0 Å². The third-order valence-electron chi connectivity index (χ3n) is 1.71. The number of aliphatic carboxylic acids is 1. The van der Waals surface area contributed by atoms with Gasteiger partial charge in [0.25, 0.3) is 0 Å². The summed E-state index contributed by atoms with van der Waals surface area (Å²) in [6.07, 6.45) is -0.900. The van der Waals surface area contributed by atoms with Crippen LogP contribution in [0.5, 0.6) is 0 Å². The summed E-state index contributed by atoms with van der Waals surface area (Å²) in [7, 11) is 0. The fourth-order valence-electron chi connectivity index (χ4n) is 1.09. The molecule has 1 aliphatic rings. The lowest BCUT2D eigenvalue weighted by Gasteiger charge is -2.31. The van der Waals surface area contributed by atoms with Gasteiger partial charge < -0.3 is 10.2 Å². The SMILES string of the molecule is CC1NC[C@@H](O)[C@@H](C(=O)O)N1. The van der Waals surface area contributed by atoms with E-state index in [1.807, 2.05) is 6.92 Å². The van der Waals surface area contributed by atoms with Crippen LogP contribution in [0.15, 0.2) is 0 Å². The molecule has 0 aromatic rings. The second kappa shape index (κ2) is 3.17. The van der Waals surface area contributed by atoms with E-state index >= 15 is 0 Å². The highest BCUT2D eigenvalue weighted by Crippen LogP contribution is 1.99. The minimum atomic E-state index is -1.01. The van der Waals surface area contributed by atoms with Gasteiger partial charge in [0.1, 0.15) is 6.04 Å². The van der Waals surface area contributed by atoms with Gasteiger partial charge in [-0.2, -0.15) is 0 Å². The lowest BCUT2D eigenvalue weighted by atomic mass is 10.1. The molecule has 3 atom stereocenters. The summed E-state index contributed by atoms with van der Waals surface area (Å²) in [6.45, 7) is 2.13. The zero-order valence-corrected chi connectivity index (χ0v) is 6.24. The minimum Gasteiger partial charge on any atom is -0.480 e. The quantitative estimate of drug-likeness (QED) is 0.369. The molecule has 0 bridgehead atoms. The third-order valence-corrected chi connectivity index (χ3v) is 1.71. The van der Waals surface area contributed by atoms with Gasteiger partial charge >= 0.3 is 5.97 Å². The van der Waals surface area contributed by atoms with Crippen molar-refractivity contribution in [3.05, 3.63) is 0 Å². The van der Waals surface area contributed by atoms with E-state index in [9.17, 15) is 4.79 Å². The molecule has 1 aliphatic heterocycles. The van der Waals surface area contributed by atoms with Crippen molar-refractivity contribution in [1.29, 1.82) is 0 Å². The normalized spacial score (nSPS) is 38.5. The number of aliphatic hydroxyl groups is 1. The number of β-amino-alcohol motifs (C(OH)–C–C–N with tert-alkyl or cyclic N) is 1. The maximum Gasteiger partial charge on any atom is 0.323 e. The van der Waals surface area contributed by atoms with Crippen LogP contribution < -0.4 is 10.6 Å². The van der Waals surface area contributed by atoms with Crippen LogP contribution in [0, 0.1) is 0 Å². The first-order valence-corrected chi connectivity index (χ1v) is 3.51. The van der Waals surface area contributed by atoms with Crippen molar-refractivity contribution in [3.8, 4) is 0 Å². The predicted molar refractivity (Wildman–Crippen MR) is 38.0 cm³/mol. The van der Waals surface area contributed by atoms with Crippen molar-refractivity contribution < 1.29 is 15.0 Å². The molecule has 0 amide bonds. The Hall–Kier alpha value is -0.650. The van der Waals surface area contributed by atoms with Crippen LogP contribution in [0.1, 0.15) is 6.92 Å². The van der Waals surface area contributed by atoms with E-state index in [1.54, 1.807) is 0 Å². The molecule has 1 saturated heterocycles. The number of hydrogen-bond acceptors (Lipinski definition) is 4. The van der Waals surface area contributed by atoms with E-state index in [0.717, 1.165) is 0 Å². The number of carboxylic acids is 1. The van der Waals surface area contributed by atoms with Crippen molar-refractivity contribution in [3.63, 3.8) is 0 Å². The molecular weight excluding hydrogens is 148 g/mol. The summed E-state index contributed by atoms with van der Waals surface area (Å²) >= 11 is 0. The number of rotatable bonds is 1. The monoisotopic (exact) mass is 160 g/mol. The van der Waals surface area contributed by atoms with Crippen LogP contribution >= 0.6 is 0 Å². The average Bonchev–Trinajstić information content (AvgIpc) is 1.94. The Kier molecular flexibility index (Phi) is 2.43. The molecular formula is C6H12N2O3. The van der Waals surface area contributed by atoms with Gasteiger partial charge in [0.15, 0.2) is 0 Å². The predicted octanol–water partition coefficient (Wildman–Crippen LogP) is -1.66. The summed E-state index contributed by atoms with van der Waals surface area (Å²) in [5.41, 5.74) is 0. The second-order valence-electron chi connectivity index (χ2n) is 2.68. The van der Waals surface area contributed by atoms with Gasteiger partial charge in [-0.05, 0) is 6.92 Å². The van der Waals surface area contributed by atoms with Crippen molar-refractivity contribution >= 4 is 5.97 Å². The Labute approximate surface area is 64.4 Å². The van der Waals surface area contributed by atoms with E-state index in [4.69, 9.17) is 10.2 Å². The summed E-state index contributed by atoms with van der Waals surface area (Å²) in [5, 5.41) is 23.3. The van der Waals surface area contributed by atoms with Crippen molar-refractivity contribution in [1.82, 2.24) is 10.6 Å². The Morgan fingerprint density at radius 1 is 1.64 bits per heavy atom. The highest BCUT2D eigenvalue weighted by atomic mass is 16.4. The van der Waals surface area contributed by atoms with E-state index in [-0.39, 0.29) is 6.17 Å². The largest absolute Gasteiger partial charge is 0.480 e. The number of hydrogen-bond donors (Lipinski definition) is 4. The molecule has 0 aliphatic carbocycles. The first-order chi connectivity index (χ1) is 5.11. The molecule has 0 aromatic heterocycles. The van der Waals surface area contributed by atoms with Crippen LogP contribution in [0.4, 0.5) is 0 Å². The van der Waals surface area contributed by atoms with Crippen LogP contribution in [0.3, 0.4) is 0 Å². The lowest BCUT2D eigenvalue weighted by molar-refractivity contribution is -0.143. The number of nitrogens with one attached hydrogen (secondary N) is 2. The Morgan fingerprint density at radius 2 is 2.27 bits per heavy atom. The summed E-state index contributed by atoms with van der Waals surface area (Å²) in [5.74, 6) is -1.01. The van der Waals surface area contributed by atoms with Gasteiger partial charge in [0, 0.05) is 6.54 Å². The molecule has 5 nitrogen and oxygen atoms in total. The molecule has 1 rings (SSSR count). The molecule has 0 spiro atoms. The zero-order valence-electron chi connectivity index (χ0n) is 6.24. The van der Waals surface area contributed by atoms with Gasteiger partial charge in [-0.1, -0.05) is 0 Å². The number of carbonyl (C=O) groups is 1. The summed E-state index contributed by atoms with van der Waals surface area (Å²) < 4.78 is 0. The third kappa shape index (κ3) is 1.89. The average molecular weight is 160 g/mol. The molecule has 5 heteroatoms. The number of aliphatic hydroxyl groups excluding tert-OH is 1. The van der Waals surface area contributed by atoms with E-state index in [2.05, 4.69) is 10.6 Å². The molecule has 11 heavy (non-hydrogen) atoms. The van der Waals surface area contributed by atoms with Gasteiger partial charge in [-0.3, -0.25) is 15.4 Å². The van der Waals surface area contributed by atoms with Gasteiger partial charge in [-0.25, -0.2) is 0 Å². The second-order valence-corrected chi connectivity index (χ2v) is 2.68. The molecule has 4 N–H and O–H groups in total. The van der Waals surface area contributed by atoms with E-state index in [1.165, 1.54) is 0 Å². The fourth-order valence-corrected chi connectivity index (χ4v) is 1.09. The maximum absolute atomic E-state index is 10.5. The molecule has 64 valence electrons. The molecule has 0 radical (unpaired) electrons. The van der Waals surface area contributed by atoms with Crippen molar-refractivity contribution in [2.24, 2.45) is 0 Å². The number of carboxylic acid groups (broad SMARTS) is 1. The van der Waals surface area contributed by atoms with Crippen LogP contribution in [0.25, 0.3) is 0 Å². The van der Waals surface area contributed by atoms with Gasteiger partial charge in [0.2, 0.25) is 0 Å². The molecule has 1 fully saturated rings. The summed E-state index contributed by atoms with van der Waals surface area (Å²) in [6, 6.07) is -0.841. The molecule has 0 aromatic carbocycles. The highest BCUT2D eigenvalue weighted by Gasteiger charge is 2.31. The summed E-state index contributed by atoms with van der Waals surface area (Å²) in [4.78, 5) is 10.5. The van der Waals surface area contributed by atoms with E-state index < -0.39 is 18.1 Å². The van der Waals surface area contributed by atoms with Crippen molar-refractivity contribution in [2.45, 2.75) is 25.2 Å². The smallest absolute Gasteiger partial charge is 0.323 e. The Balaban J connectivity index is 2.54. The lowest BCUT2D eigenvalue weighted by Crippen LogP contribution is -2.62. The Bertz CT molecular complexity index is 162. The first-order valence-electron chi connectivity index (χ1n) is 3.51. The zero-order chi connectivity index (χ0) is 8.43. The van der Waals surface area contributed by atoms with Crippen LogP contribution in [-0.2, 0) is 4.79 Å². The van der Waals surface area contributed by atoms with Crippen LogP contribution in [0.2, 0.25) is 0 Å². The molecule has 1 heterocycles.